The van der Waals surface area contributed by atoms with Crippen LogP contribution in [0.25, 0.3) is 0 Å². The number of likely N-dealkylation sites (N-methyl/N-ethyl adjacent to an activating group) is 1. The van der Waals surface area contributed by atoms with Gasteiger partial charge in [-0.1, -0.05) is 0 Å². The number of morpholine rings is 1. The lowest BCUT2D eigenvalue weighted by Crippen LogP contribution is -2.60. The second-order valence-corrected chi connectivity index (χ2v) is 5.79. The first-order chi connectivity index (χ1) is 9.59. The Morgan fingerprint density at radius 2 is 2.10 bits per heavy atom. The maximum Gasteiger partial charge on any atom is 0.138 e. The van der Waals surface area contributed by atoms with Crippen molar-refractivity contribution in [2.24, 2.45) is 0 Å². The summed E-state index contributed by atoms with van der Waals surface area (Å²) < 4.78 is 7.43. The molecule has 1 unspecified atom stereocenters. The Kier molecular flexibility index (Phi) is 5.12. The highest BCUT2D eigenvalue weighted by Gasteiger charge is 2.36. The number of hydrogen-bond donors (Lipinski definition) is 1. The fourth-order valence-electron chi connectivity index (χ4n) is 2.96. The van der Waals surface area contributed by atoms with Gasteiger partial charge in [0.05, 0.1) is 13.2 Å². The van der Waals surface area contributed by atoms with Crippen LogP contribution in [0.2, 0.25) is 0 Å². The number of ether oxygens (including phenoxy) is 1. The molecule has 1 saturated heterocycles. The SMILES string of the molecule is CCn1ncnc1CC(NC)C(C)(C)N1CCOCC1. The van der Waals surface area contributed by atoms with Crippen molar-refractivity contribution in [3.63, 3.8) is 0 Å². The number of nitrogens with zero attached hydrogens (tertiary/aromatic N) is 4. The molecule has 2 rings (SSSR count). The van der Waals surface area contributed by atoms with Crippen LogP contribution in [0.1, 0.15) is 26.6 Å². The third-order valence-electron chi connectivity index (χ3n) is 4.41. The Morgan fingerprint density at radius 1 is 1.40 bits per heavy atom. The molecular formula is C14H27N5O. The zero-order chi connectivity index (χ0) is 14.6. The van der Waals surface area contributed by atoms with Gasteiger partial charge in [-0.3, -0.25) is 9.58 Å². The quantitative estimate of drug-likeness (QED) is 0.825. The molecule has 6 nitrogen and oxygen atoms in total. The minimum Gasteiger partial charge on any atom is -0.379 e. The van der Waals surface area contributed by atoms with E-state index < -0.39 is 0 Å². The van der Waals surface area contributed by atoms with Crippen LogP contribution in [0.15, 0.2) is 6.33 Å². The van der Waals surface area contributed by atoms with Crippen molar-refractivity contribution >= 4 is 0 Å². The van der Waals surface area contributed by atoms with E-state index in [1.807, 2.05) is 11.7 Å². The number of nitrogens with one attached hydrogen (secondary N) is 1. The van der Waals surface area contributed by atoms with E-state index in [2.05, 4.69) is 41.1 Å². The smallest absolute Gasteiger partial charge is 0.138 e. The molecule has 0 aromatic carbocycles. The van der Waals surface area contributed by atoms with Crippen LogP contribution in [0, 0.1) is 0 Å². The van der Waals surface area contributed by atoms with Crippen molar-refractivity contribution in [2.45, 2.75) is 45.3 Å². The van der Waals surface area contributed by atoms with Crippen molar-refractivity contribution in [1.29, 1.82) is 0 Å². The van der Waals surface area contributed by atoms with Crippen LogP contribution < -0.4 is 5.32 Å². The molecule has 0 saturated carbocycles. The van der Waals surface area contributed by atoms with Crippen molar-refractivity contribution in [3.05, 3.63) is 12.2 Å². The molecule has 1 atom stereocenters. The molecule has 0 spiro atoms. The van der Waals surface area contributed by atoms with Gasteiger partial charge in [0.2, 0.25) is 0 Å². The summed E-state index contributed by atoms with van der Waals surface area (Å²) in [5.41, 5.74) is 0.0586. The molecule has 20 heavy (non-hydrogen) atoms. The first-order valence-corrected chi connectivity index (χ1v) is 7.46. The van der Waals surface area contributed by atoms with Crippen molar-refractivity contribution in [1.82, 2.24) is 25.0 Å². The van der Waals surface area contributed by atoms with Crippen molar-refractivity contribution in [2.75, 3.05) is 33.4 Å². The van der Waals surface area contributed by atoms with Gasteiger partial charge in [-0.2, -0.15) is 5.10 Å². The number of hydrogen-bond acceptors (Lipinski definition) is 5. The third-order valence-corrected chi connectivity index (χ3v) is 4.41. The fraction of sp³-hybridized carbons (Fsp3) is 0.857. The van der Waals surface area contributed by atoms with Gasteiger partial charge < -0.3 is 10.1 Å². The summed E-state index contributed by atoms with van der Waals surface area (Å²) in [6.07, 6.45) is 2.53. The van der Waals surface area contributed by atoms with E-state index in [0.717, 1.165) is 45.1 Å². The molecule has 114 valence electrons. The maximum absolute atomic E-state index is 5.46. The van der Waals surface area contributed by atoms with E-state index in [9.17, 15) is 0 Å². The molecule has 0 radical (unpaired) electrons. The lowest BCUT2D eigenvalue weighted by Gasteiger charge is -2.45. The van der Waals surface area contributed by atoms with Gasteiger partial charge in [0.15, 0.2) is 0 Å². The van der Waals surface area contributed by atoms with Gasteiger partial charge in [-0.15, -0.1) is 0 Å². The molecule has 2 heterocycles. The van der Waals surface area contributed by atoms with E-state index in [0.29, 0.717) is 6.04 Å². The van der Waals surface area contributed by atoms with Gasteiger partial charge in [0, 0.05) is 37.6 Å². The molecule has 1 N–H and O–H groups in total. The lowest BCUT2D eigenvalue weighted by molar-refractivity contribution is -0.0227. The van der Waals surface area contributed by atoms with Crippen LogP contribution in [-0.4, -0.2) is 64.6 Å². The molecule has 1 aliphatic heterocycles. The van der Waals surface area contributed by atoms with Gasteiger partial charge in [0.25, 0.3) is 0 Å². The monoisotopic (exact) mass is 281 g/mol. The average Bonchev–Trinajstić information content (AvgIpc) is 2.92. The summed E-state index contributed by atoms with van der Waals surface area (Å²) in [7, 11) is 2.03. The molecule has 1 aliphatic rings. The molecule has 1 aromatic rings. The topological polar surface area (TPSA) is 55.2 Å². The van der Waals surface area contributed by atoms with Gasteiger partial charge in [-0.05, 0) is 27.8 Å². The van der Waals surface area contributed by atoms with E-state index >= 15 is 0 Å². The Morgan fingerprint density at radius 3 is 2.70 bits per heavy atom. The highest BCUT2D eigenvalue weighted by molar-refractivity contribution is 5.00. The predicted octanol–water partition coefficient (Wildman–Crippen LogP) is 0.539. The molecular weight excluding hydrogens is 254 g/mol. The second-order valence-electron chi connectivity index (χ2n) is 5.79. The van der Waals surface area contributed by atoms with E-state index in [1.54, 1.807) is 6.33 Å². The van der Waals surface area contributed by atoms with E-state index in [-0.39, 0.29) is 5.54 Å². The lowest BCUT2D eigenvalue weighted by atomic mass is 9.89. The Balaban J connectivity index is 2.09. The zero-order valence-corrected chi connectivity index (χ0v) is 13.1. The summed E-state index contributed by atoms with van der Waals surface area (Å²) in [6.45, 7) is 11.2. The highest BCUT2D eigenvalue weighted by Crippen LogP contribution is 2.22. The minimum atomic E-state index is 0.0586. The van der Waals surface area contributed by atoms with Gasteiger partial charge in [-0.25, -0.2) is 4.98 Å². The van der Waals surface area contributed by atoms with Crippen LogP contribution in [0.3, 0.4) is 0 Å². The average molecular weight is 281 g/mol. The third kappa shape index (κ3) is 3.19. The Bertz CT molecular complexity index is 411. The first kappa shape index (κ1) is 15.4. The Hall–Kier alpha value is -0.980. The highest BCUT2D eigenvalue weighted by atomic mass is 16.5. The Labute approximate surface area is 121 Å². The first-order valence-electron chi connectivity index (χ1n) is 7.46. The summed E-state index contributed by atoms with van der Waals surface area (Å²) in [5, 5.41) is 7.73. The normalized spacial score (nSPS) is 19.2. The summed E-state index contributed by atoms with van der Waals surface area (Å²) in [5.74, 6) is 1.05. The molecule has 1 aromatic heterocycles. The summed E-state index contributed by atoms with van der Waals surface area (Å²) in [4.78, 5) is 6.91. The molecule has 0 amide bonds. The van der Waals surface area contributed by atoms with Crippen molar-refractivity contribution < 1.29 is 4.74 Å². The largest absolute Gasteiger partial charge is 0.379 e. The fourth-order valence-corrected chi connectivity index (χ4v) is 2.96. The summed E-state index contributed by atoms with van der Waals surface area (Å²) in [6, 6.07) is 0.329. The minimum absolute atomic E-state index is 0.0586. The van der Waals surface area contributed by atoms with Crippen LogP contribution >= 0.6 is 0 Å². The second kappa shape index (κ2) is 6.65. The zero-order valence-electron chi connectivity index (χ0n) is 13.1. The standard InChI is InChI=1S/C14H27N5O/c1-5-19-13(16-11-17-19)10-12(15-4)14(2,3)18-6-8-20-9-7-18/h11-12,15H,5-10H2,1-4H3. The molecule has 1 fully saturated rings. The van der Waals surface area contributed by atoms with Gasteiger partial charge in [0.1, 0.15) is 12.2 Å². The van der Waals surface area contributed by atoms with Gasteiger partial charge >= 0.3 is 0 Å². The number of aromatic nitrogens is 3. The predicted molar refractivity (Wildman–Crippen MR) is 78.7 cm³/mol. The molecule has 0 bridgehead atoms. The number of rotatable bonds is 6. The van der Waals surface area contributed by atoms with Crippen LogP contribution in [0.4, 0.5) is 0 Å². The summed E-state index contributed by atoms with van der Waals surface area (Å²) >= 11 is 0. The van der Waals surface area contributed by atoms with Crippen LogP contribution in [0.5, 0.6) is 0 Å². The van der Waals surface area contributed by atoms with E-state index in [1.165, 1.54) is 0 Å². The van der Waals surface area contributed by atoms with Crippen LogP contribution in [-0.2, 0) is 17.7 Å². The molecule has 6 heteroatoms. The molecule has 0 aliphatic carbocycles. The maximum atomic E-state index is 5.46. The van der Waals surface area contributed by atoms with E-state index in [4.69, 9.17) is 4.74 Å². The van der Waals surface area contributed by atoms with Crippen molar-refractivity contribution in [3.8, 4) is 0 Å². The number of aryl methyl sites for hydroxylation is 1.